The first kappa shape index (κ1) is 14.9. The summed E-state index contributed by atoms with van der Waals surface area (Å²) in [5.74, 6) is 0.716. The summed E-state index contributed by atoms with van der Waals surface area (Å²) in [5, 5.41) is 21.5. The Balaban J connectivity index is 2.23. The lowest BCUT2D eigenvalue weighted by atomic mass is 10.0. The molecule has 1 N–H and O–H groups in total. The molecule has 0 atom stereocenters. The third-order valence-corrected chi connectivity index (χ3v) is 3.23. The summed E-state index contributed by atoms with van der Waals surface area (Å²) >= 11 is 5.90. The molecule has 0 amide bonds. The third-order valence-electron chi connectivity index (χ3n) is 3.00. The van der Waals surface area contributed by atoms with Gasteiger partial charge in [-0.2, -0.15) is 5.26 Å². The van der Waals surface area contributed by atoms with Gasteiger partial charge in [-0.25, -0.2) is 0 Å². The summed E-state index contributed by atoms with van der Waals surface area (Å²) in [6.45, 7) is 2.17. The average molecular weight is 301 g/mol. The standard InChI is InChI=1S/C16H13ClN2O2/c1-11-8-13(17)6-7-16(11)21-10-12-4-2-3-5-14(12)15(9-18)19-20/h2-8,20H,10H2,1H3. The van der Waals surface area contributed by atoms with E-state index < -0.39 is 0 Å². The molecule has 0 aliphatic rings. The van der Waals surface area contributed by atoms with Crippen LogP contribution in [0.4, 0.5) is 0 Å². The summed E-state index contributed by atoms with van der Waals surface area (Å²) in [4.78, 5) is 0. The second kappa shape index (κ2) is 6.78. The molecule has 0 spiro atoms. The zero-order valence-electron chi connectivity index (χ0n) is 11.4. The van der Waals surface area contributed by atoms with Crippen molar-refractivity contribution in [1.29, 1.82) is 5.26 Å². The first-order chi connectivity index (χ1) is 10.2. The minimum Gasteiger partial charge on any atom is -0.489 e. The number of hydrogen-bond acceptors (Lipinski definition) is 4. The Kier molecular flexibility index (Phi) is 4.81. The number of halogens is 1. The van der Waals surface area contributed by atoms with Crippen molar-refractivity contribution in [3.63, 3.8) is 0 Å². The van der Waals surface area contributed by atoms with Gasteiger partial charge in [0.2, 0.25) is 0 Å². The van der Waals surface area contributed by atoms with Crippen LogP contribution in [0.25, 0.3) is 0 Å². The van der Waals surface area contributed by atoms with Gasteiger partial charge in [0, 0.05) is 10.6 Å². The minimum atomic E-state index is -0.0398. The van der Waals surface area contributed by atoms with Crippen molar-refractivity contribution in [2.24, 2.45) is 5.16 Å². The van der Waals surface area contributed by atoms with Gasteiger partial charge in [-0.1, -0.05) is 41.0 Å². The quantitative estimate of drug-likeness (QED) is 0.528. The monoisotopic (exact) mass is 300 g/mol. The second-order valence-corrected chi connectivity index (χ2v) is 4.85. The van der Waals surface area contributed by atoms with Crippen LogP contribution >= 0.6 is 11.6 Å². The summed E-state index contributed by atoms with van der Waals surface area (Å²) in [5.41, 5.74) is 2.20. The van der Waals surface area contributed by atoms with Crippen molar-refractivity contribution in [2.45, 2.75) is 13.5 Å². The molecule has 106 valence electrons. The molecule has 0 saturated carbocycles. The van der Waals surface area contributed by atoms with Crippen LogP contribution in [-0.4, -0.2) is 10.9 Å². The van der Waals surface area contributed by atoms with E-state index in [0.29, 0.717) is 16.3 Å². The largest absolute Gasteiger partial charge is 0.489 e. The smallest absolute Gasteiger partial charge is 0.187 e. The number of rotatable bonds is 4. The maximum atomic E-state index is 8.97. The summed E-state index contributed by atoms with van der Waals surface area (Å²) in [7, 11) is 0. The van der Waals surface area contributed by atoms with Gasteiger partial charge in [-0.05, 0) is 36.2 Å². The molecular formula is C16H13ClN2O2. The minimum absolute atomic E-state index is 0.0398. The Morgan fingerprint density at radius 1 is 1.33 bits per heavy atom. The molecule has 5 heteroatoms. The van der Waals surface area contributed by atoms with Gasteiger partial charge in [0.05, 0.1) is 0 Å². The van der Waals surface area contributed by atoms with Crippen LogP contribution in [0.5, 0.6) is 5.75 Å². The van der Waals surface area contributed by atoms with Crippen molar-refractivity contribution < 1.29 is 9.94 Å². The van der Waals surface area contributed by atoms with E-state index in [0.717, 1.165) is 11.1 Å². The lowest BCUT2D eigenvalue weighted by Gasteiger charge is -2.11. The Bertz CT molecular complexity index is 720. The predicted molar refractivity (Wildman–Crippen MR) is 80.9 cm³/mol. The Hall–Kier alpha value is -2.51. The fourth-order valence-corrected chi connectivity index (χ4v) is 2.17. The van der Waals surface area contributed by atoms with Crippen molar-refractivity contribution in [3.05, 3.63) is 64.2 Å². The normalized spacial score (nSPS) is 11.0. The van der Waals surface area contributed by atoms with Gasteiger partial charge in [0.25, 0.3) is 0 Å². The molecule has 0 aliphatic heterocycles. The molecule has 0 fully saturated rings. The number of nitrogens with zero attached hydrogens (tertiary/aromatic N) is 2. The van der Waals surface area contributed by atoms with Gasteiger partial charge < -0.3 is 9.94 Å². The Morgan fingerprint density at radius 2 is 2.10 bits per heavy atom. The second-order valence-electron chi connectivity index (χ2n) is 4.42. The van der Waals surface area contributed by atoms with Crippen molar-refractivity contribution >= 4 is 17.3 Å². The molecule has 2 aromatic rings. The first-order valence-electron chi connectivity index (χ1n) is 6.25. The number of oxime groups is 1. The summed E-state index contributed by atoms with van der Waals surface area (Å²) < 4.78 is 5.75. The topological polar surface area (TPSA) is 65.6 Å². The lowest BCUT2D eigenvalue weighted by molar-refractivity contribution is 0.303. The molecule has 0 aliphatic carbocycles. The molecule has 0 bridgehead atoms. The predicted octanol–water partition coefficient (Wildman–Crippen LogP) is 3.93. The van der Waals surface area contributed by atoms with Gasteiger partial charge in [0.15, 0.2) is 5.71 Å². The van der Waals surface area contributed by atoms with Crippen molar-refractivity contribution in [3.8, 4) is 11.8 Å². The molecule has 0 unspecified atom stereocenters. The van der Waals surface area contributed by atoms with Crippen LogP contribution in [-0.2, 0) is 6.61 Å². The lowest BCUT2D eigenvalue weighted by Crippen LogP contribution is -2.06. The average Bonchev–Trinajstić information content (AvgIpc) is 2.49. The zero-order valence-corrected chi connectivity index (χ0v) is 12.1. The number of aryl methyl sites for hydroxylation is 1. The van der Waals surface area contributed by atoms with Crippen LogP contribution in [0.1, 0.15) is 16.7 Å². The number of nitriles is 1. The van der Waals surface area contributed by atoms with E-state index in [9.17, 15) is 0 Å². The molecule has 0 aromatic heterocycles. The fraction of sp³-hybridized carbons (Fsp3) is 0.125. The third kappa shape index (κ3) is 3.53. The zero-order chi connectivity index (χ0) is 15.2. The Morgan fingerprint density at radius 3 is 2.76 bits per heavy atom. The SMILES string of the molecule is Cc1cc(Cl)ccc1OCc1ccccc1C(C#N)=NO. The van der Waals surface area contributed by atoms with E-state index in [1.807, 2.05) is 31.2 Å². The first-order valence-corrected chi connectivity index (χ1v) is 6.63. The van der Waals surface area contributed by atoms with E-state index in [2.05, 4.69) is 5.16 Å². The maximum Gasteiger partial charge on any atom is 0.187 e. The molecule has 0 radical (unpaired) electrons. The molecule has 0 saturated heterocycles. The van der Waals surface area contributed by atoms with Gasteiger partial charge in [0.1, 0.15) is 18.4 Å². The van der Waals surface area contributed by atoms with E-state index in [4.69, 9.17) is 26.8 Å². The van der Waals surface area contributed by atoms with Gasteiger partial charge in [-0.15, -0.1) is 0 Å². The van der Waals surface area contributed by atoms with Crippen LogP contribution in [0.2, 0.25) is 5.02 Å². The van der Waals surface area contributed by atoms with Crippen LogP contribution in [0.15, 0.2) is 47.6 Å². The van der Waals surface area contributed by atoms with Gasteiger partial charge >= 0.3 is 0 Å². The fourth-order valence-electron chi connectivity index (χ4n) is 1.94. The highest BCUT2D eigenvalue weighted by Gasteiger charge is 2.10. The molecule has 0 heterocycles. The summed E-state index contributed by atoms with van der Waals surface area (Å²) in [6, 6.07) is 14.4. The van der Waals surface area contributed by atoms with Crippen molar-refractivity contribution in [1.82, 2.24) is 0 Å². The van der Waals surface area contributed by atoms with Crippen LogP contribution < -0.4 is 4.74 Å². The highest BCUT2D eigenvalue weighted by Crippen LogP contribution is 2.23. The highest BCUT2D eigenvalue weighted by molar-refractivity contribution is 6.30. The number of benzene rings is 2. The van der Waals surface area contributed by atoms with Crippen LogP contribution in [0, 0.1) is 18.3 Å². The molecule has 4 nitrogen and oxygen atoms in total. The number of ether oxygens (including phenoxy) is 1. The maximum absolute atomic E-state index is 8.97. The molecule has 2 rings (SSSR count). The molecular weight excluding hydrogens is 288 g/mol. The molecule has 2 aromatic carbocycles. The summed E-state index contributed by atoms with van der Waals surface area (Å²) in [6.07, 6.45) is 0. The number of hydrogen-bond donors (Lipinski definition) is 1. The van der Waals surface area contributed by atoms with Crippen molar-refractivity contribution in [2.75, 3.05) is 0 Å². The van der Waals surface area contributed by atoms with Gasteiger partial charge in [-0.3, -0.25) is 0 Å². The Labute approximate surface area is 127 Å². The van der Waals surface area contributed by atoms with E-state index in [-0.39, 0.29) is 12.3 Å². The van der Waals surface area contributed by atoms with Crippen LogP contribution in [0.3, 0.4) is 0 Å². The highest BCUT2D eigenvalue weighted by atomic mass is 35.5. The molecule has 21 heavy (non-hydrogen) atoms. The van der Waals surface area contributed by atoms with E-state index >= 15 is 0 Å². The van der Waals surface area contributed by atoms with E-state index in [1.165, 1.54) is 0 Å². The van der Waals surface area contributed by atoms with E-state index in [1.54, 1.807) is 24.3 Å².